The molecular weight excluding hydrogens is 376 g/mol. The molecule has 0 amide bonds. The number of halogens is 2. The molecule has 0 saturated carbocycles. The highest BCUT2D eigenvalue weighted by molar-refractivity contribution is 5.74. The molecule has 0 aromatic heterocycles. The quantitative estimate of drug-likeness (QED) is 0.708. The average molecular weight is 401 g/mol. The topological polar surface area (TPSA) is 38.8 Å². The van der Waals surface area contributed by atoms with Crippen molar-refractivity contribution < 1.29 is 23.0 Å². The molecule has 6 heteroatoms. The van der Waals surface area contributed by atoms with Gasteiger partial charge in [0.2, 0.25) is 0 Å². The normalized spacial score (nSPS) is 26.7. The lowest BCUT2D eigenvalue weighted by atomic mass is 9.87. The van der Waals surface area contributed by atoms with E-state index in [2.05, 4.69) is 4.90 Å². The Balaban J connectivity index is 1.68. The third-order valence-corrected chi connectivity index (χ3v) is 6.34. The standard InChI is InChI=1S/C23H25F2NO3/c1-26-18-11-12-19(26)21(23(27)28-2)20(13-18)29-22(14-3-7-16(24)8-4-14)15-5-9-17(25)10-6-15/h3-10,18-22H,11-13H2,1-2H3/t18?,19-,20+,21+/m1/s1. The lowest BCUT2D eigenvalue weighted by Crippen LogP contribution is -2.53. The van der Waals surface area contributed by atoms with E-state index in [-0.39, 0.29) is 29.7 Å². The third-order valence-electron chi connectivity index (χ3n) is 6.34. The Kier molecular flexibility index (Phi) is 5.65. The highest BCUT2D eigenvalue weighted by Gasteiger charge is 2.50. The Morgan fingerprint density at radius 1 is 1.00 bits per heavy atom. The summed E-state index contributed by atoms with van der Waals surface area (Å²) >= 11 is 0. The van der Waals surface area contributed by atoms with Crippen LogP contribution in [0.5, 0.6) is 0 Å². The molecule has 4 rings (SSSR count). The lowest BCUT2D eigenvalue weighted by molar-refractivity contribution is -0.162. The minimum atomic E-state index is -0.531. The molecule has 1 unspecified atom stereocenters. The zero-order valence-electron chi connectivity index (χ0n) is 16.6. The van der Waals surface area contributed by atoms with Gasteiger partial charge in [-0.25, -0.2) is 8.78 Å². The van der Waals surface area contributed by atoms with E-state index in [1.54, 1.807) is 24.3 Å². The van der Waals surface area contributed by atoms with Gasteiger partial charge in [-0.05, 0) is 61.7 Å². The summed E-state index contributed by atoms with van der Waals surface area (Å²) < 4.78 is 38.6. The van der Waals surface area contributed by atoms with Crippen molar-refractivity contribution in [3.05, 3.63) is 71.3 Å². The highest BCUT2D eigenvalue weighted by Crippen LogP contribution is 2.42. The fourth-order valence-electron chi connectivity index (χ4n) is 4.81. The molecule has 0 N–H and O–H groups in total. The predicted octanol–water partition coefficient (Wildman–Crippen LogP) is 4.10. The molecule has 0 radical (unpaired) electrons. The van der Waals surface area contributed by atoms with Crippen molar-refractivity contribution >= 4 is 5.97 Å². The van der Waals surface area contributed by atoms with E-state index < -0.39 is 12.0 Å². The molecule has 0 spiro atoms. The van der Waals surface area contributed by atoms with Crippen molar-refractivity contribution in [2.75, 3.05) is 14.2 Å². The minimum Gasteiger partial charge on any atom is -0.469 e. The third kappa shape index (κ3) is 3.91. The van der Waals surface area contributed by atoms with Crippen molar-refractivity contribution in [2.45, 2.75) is 43.6 Å². The Morgan fingerprint density at radius 2 is 1.55 bits per heavy atom. The first-order chi connectivity index (χ1) is 14.0. The average Bonchev–Trinajstić information content (AvgIpc) is 2.96. The van der Waals surface area contributed by atoms with Gasteiger partial charge < -0.3 is 9.47 Å². The second kappa shape index (κ2) is 8.20. The first-order valence-electron chi connectivity index (χ1n) is 9.94. The number of rotatable bonds is 5. The number of hydrogen-bond donors (Lipinski definition) is 0. The van der Waals surface area contributed by atoms with Crippen LogP contribution in [0.25, 0.3) is 0 Å². The number of carbonyl (C=O) groups is 1. The fraction of sp³-hybridized carbons (Fsp3) is 0.435. The second-order valence-electron chi connectivity index (χ2n) is 7.91. The van der Waals surface area contributed by atoms with E-state index in [9.17, 15) is 13.6 Å². The number of hydrogen-bond acceptors (Lipinski definition) is 4. The maximum atomic E-state index is 13.5. The number of methoxy groups -OCH3 is 1. The van der Waals surface area contributed by atoms with Crippen molar-refractivity contribution in [3.63, 3.8) is 0 Å². The zero-order chi connectivity index (χ0) is 20.5. The molecule has 4 atom stereocenters. The molecular formula is C23H25F2NO3. The van der Waals surface area contributed by atoms with Gasteiger partial charge in [-0.1, -0.05) is 24.3 Å². The van der Waals surface area contributed by atoms with Gasteiger partial charge in [-0.3, -0.25) is 9.69 Å². The van der Waals surface area contributed by atoms with Crippen LogP contribution in [0.1, 0.15) is 36.5 Å². The number of carbonyl (C=O) groups excluding carboxylic acids is 1. The van der Waals surface area contributed by atoms with Crippen molar-refractivity contribution in [1.29, 1.82) is 0 Å². The van der Waals surface area contributed by atoms with E-state index in [0.717, 1.165) is 24.0 Å². The van der Waals surface area contributed by atoms with Crippen LogP contribution in [0.2, 0.25) is 0 Å². The van der Waals surface area contributed by atoms with Crippen LogP contribution in [0.4, 0.5) is 8.78 Å². The maximum absolute atomic E-state index is 13.5. The van der Waals surface area contributed by atoms with Crippen LogP contribution in [0.3, 0.4) is 0 Å². The van der Waals surface area contributed by atoms with Gasteiger partial charge in [-0.15, -0.1) is 0 Å². The van der Waals surface area contributed by atoms with Gasteiger partial charge in [0.1, 0.15) is 17.7 Å². The van der Waals surface area contributed by atoms with Crippen LogP contribution < -0.4 is 0 Å². The molecule has 4 nitrogen and oxygen atoms in total. The van der Waals surface area contributed by atoms with Gasteiger partial charge in [-0.2, -0.15) is 0 Å². The summed E-state index contributed by atoms with van der Waals surface area (Å²) in [4.78, 5) is 14.9. The monoisotopic (exact) mass is 401 g/mol. The van der Waals surface area contributed by atoms with Gasteiger partial charge in [0.05, 0.1) is 19.1 Å². The number of benzene rings is 2. The van der Waals surface area contributed by atoms with Crippen LogP contribution >= 0.6 is 0 Å². The molecule has 2 aliphatic heterocycles. The fourth-order valence-corrected chi connectivity index (χ4v) is 4.81. The van der Waals surface area contributed by atoms with Gasteiger partial charge in [0, 0.05) is 12.1 Å². The van der Waals surface area contributed by atoms with Crippen molar-refractivity contribution in [3.8, 4) is 0 Å². The van der Waals surface area contributed by atoms with Gasteiger partial charge in [0.25, 0.3) is 0 Å². The Labute approximate surface area is 169 Å². The van der Waals surface area contributed by atoms with Gasteiger partial charge in [0.15, 0.2) is 0 Å². The molecule has 2 aromatic rings. The van der Waals surface area contributed by atoms with Gasteiger partial charge >= 0.3 is 5.97 Å². The van der Waals surface area contributed by atoms with Crippen molar-refractivity contribution in [1.82, 2.24) is 4.90 Å². The lowest BCUT2D eigenvalue weighted by Gasteiger charge is -2.42. The largest absolute Gasteiger partial charge is 0.469 e. The highest BCUT2D eigenvalue weighted by atomic mass is 19.1. The molecule has 2 saturated heterocycles. The molecule has 2 aliphatic rings. The Morgan fingerprint density at radius 3 is 2.07 bits per heavy atom. The van der Waals surface area contributed by atoms with E-state index in [1.165, 1.54) is 31.4 Å². The maximum Gasteiger partial charge on any atom is 0.312 e. The minimum absolute atomic E-state index is 0.0771. The van der Waals surface area contributed by atoms with E-state index in [1.807, 2.05) is 7.05 Å². The number of esters is 1. The van der Waals surface area contributed by atoms with E-state index >= 15 is 0 Å². The molecule has 2 heterocycles. The first kappa shape index (κ1) is 20.0. The molecule has 2 aromatic carbocycles. The Hall–Kier alpha value is -2.31. The smallest absolute Gasteiger partial charge is 0.312 e. The molecule has 2 bridgehead atoms. The van der Waals surface area contributed by atoms with Crippen LogP contribution in [0.15, 0.2) is 48.5 Å². The number of piperidine rings is 1. The number of nitrogens with zero attached hydrogens (tertiary/aromatic N) is 1. The number of fused-ring (bicyclic) bond motifs is 2. The van der Waals surface area contributed by atoms with E-state index in [0.29, 0.717) is 12.5 Å². The molecule has 154 valence electrons. The van der Waals surface area contributed by atoms with Crippen LogP contribution in [-0.4, -0.2) is 43.2 Å². The molecule has 29 heavy (non-hydrogen) atoms. The SMILES string of the molecule is COC(=O)[C@@H]1[C@@H](OC(c2ccc(F)cc2)c2ccc(F)cc2)CC2CC[C@H]1N2C. The molecule has 2 fully saturated rings. The number of ether oxygens (including phenoxy) is 2. The predicted molar refractivity (Wildman–Crippen MR) is 104 cm³/mol. The van der Waals surface area contributed by atoms with Crippen LogP contribution in [0, 0.1) is 17.6 Å². The summed E-state index contributed by atoms with van der Waals surface area (Å²) in [5.41, 5.74) is 1.51. The first-order valence-corrected chi connectivity index (χ1v) is 9.94. The summed E-state index contributed by atoms with van der Waals surface area (Å²) in [5, 5.41) is 0. The Bertz CT molecular complexity index is 810. The van der Waals surface area contributed by atoms with Crippen molar-refractivity contribution in [2.24, 2.45) is 5.92 Å². The molecule has 0 aliphatic carbocycles. The summed E-state index contributed by atoms with van der Waals surface area (Å²) in [7, 11) is 3.45. The summed E-state index contributed by atoms with van der Waals surface area (Å²) in [5.74, 6) is -1.34. The van der Waals surface area contributed by atoms with E-state index in [4.69, 9.17) is 9.47 Å². The summed E-state index contributed by atoms with van der Waals surface area (Å²) in [6.07, 6.45) is 1.80. The summed E-state index contributed by atoms with van der Waals surface area (Å²) in [6.45, 7) is 0. The summed E-state index contributed by atoms with van der Waals surface area (Å²) in [6, 6.07) is 12.6. The zero-order valence-corrected chi connectivity index (χ0v) is 16.6. The van der Waals surface area contributed by atoms with Crippen LogP contribution in [-0.2, 0) is 14.3 Å². The second-order valence-corrected chi connectivity index (χ2v) is 7.91.